The first kappa shape index (κ1) is 10.7. The highest BCUT2D eigenvalue weighted by Crippen LogP contribution is 2.17. The lowest BCUT2D eigenvalue weighted by atomic mass is 10.3. The van der Waals surface area contributed by atoms with Crippen LogP contribution in [0.25, 0.3) is 0 Å². The molecule has 2 heterocycles. The molecular weight excluding hydrogens is 258 g/mol. The second-order valence-corrected chi connectivity index (χ2v) is 4.87. The van der Waals surface area contributed by atoms with E-state index in [4.69, 9.17) is 5.73 Å². The number of nitrogens with zero attached hydrogens (tertiary/aromatic N) is 2. The predicted molar refractivity (Wildman–Crippen MR) is 61.6 cm³/mol. The maximum absolute atomic E-state index is 12.1. The molecule has 1 fully saturated rings. The van der Waals surface area contributed by atoms with Crippen molar-refractivity contribution >= 4 is 21.8 Å². The first-order chi connectivity index (χ1) is 7.08. The molecule has 0 radical (unpaired) electrons. The molecule has 1 amide bonds. The zero-order valence-electron chi connectivity index (χ0n) is 8.61. The molecule has 1 unspecified atom stereocenters. The zero-order valence-corrected chi connectivity index (χ0v) is 10.2. The van der Waals surface area contributed by atoms with Gasteiger partial charge in [0.2, 0.25) is 0 Å². The highest BCUT2D eigenvalue weighted by atomic mass is 79.9. The Kier molecular flexibility index (Phi) is 2.84. The third-order valence-electron chi connectivity index (χ3n) is 2.70. The number of likely N-dealkylation sites (tertiary alicyclic amines) is 1. The van der Waals surface area contributed by atoms with E-state index in [1.165, 1.54) is 0 Å². The van der Waals surface area contributed by atoms with Crippen molar-refractivity contribution in [1.82, 2.24) is 9.47 Å². The van der Waals surface area contributed by atoms with Crippen molar-refractivity contribution in [2.75, 3.05) is 13.1 Å². The SMILES string of the molecule is Cn1cc(Br)cc1C(=O)N1CCC(N)C1. The lowest BCUT2D eigenvalue weighted by Gasteiger charge is -2.15. The van der Waals surface area contributed by atoms with Gasteiger partial charge in [0.05, 0.1) is 0 Å². The van der Waals surface area contributed by atoms with Gasteiger partial charge in [-0.1, -0.05) is 0 Å². The van der Waals surface area contributed by atoms with Gasteiger partial charge in [-0.05, 0) is 28.4 Å². The van der Waals surface area contributed by atoms with Gasteiger partial charge in [0.25, 0.3) is 5.91 Å². The molecule has 82 valence electrons. The molecular formula is C10H14BrN3O. The molecule has 1 atom stereocenters. The molecule has 1 aromatic heterocycles. The van der Waals surface area contributed by atoms with Crippen molar-refractivity contribution in [3.63, 3.8) is 0 Å². The van der Waals surface area contributed by atoms with Crippen LogP contribution in [0.1, 0.15) is 16.9 Å². The monoisotopic (exact) mass is 271 g/mol. The van der Waals surface area contributed by atoms with Gasteiger partial charge in [-0.3, -0.25) is 4.79 Å². The molecule has 4 nitrogen and oxygen atoms in total. The molecule has 1 aliphatic heterocycles. The fourth-order valence-electron chi connectivity index (χ4n) is 1.87. The maximum Gasteiger partial charge on any atom is 0.270 e. The summed E-state index contributed by atoms with van der Waals surface area (Å²) in [6.07, 6.45) is 2.78. The van der Waals surface area contributed by atoms with Crippen LogP contribution in [0.15, 0.2) is 16.7 Å². The van der Waals surface area contributed by atoms with Crippen molar-refractivity contribution < 1.29 is 4.79 Å². The number of nitrogens with two attached hydrogens (primary N) is 1. The summed E-state index contributed by atoms with van der Waals surface area (Å²) in [5.74, 6) is 0.0659. The molecule has 0 spiro atoms. The normalized spacial score (nSPS) is 21.0. The fourth-order valence-corrected chi connectivity index (χ4v) is 2.39. The molecule has 2 N–H and O–H groups in total. The minimum absolute atomic E-state index is 0.0659. The van der Waals surface area contributed by atoms with E-state index >= 15 is 0 Å². The predicted octanol–water partition coefficient (Wildman–Crippen LogP) is 0.961. The highest BCUT2D eigenvalue weighted by molar-refractivity contribution is 9.10. The molecule has 0 saturated carbocycles. The van der Waals surface area contributed by atoms with Crippen molar-refractivity contribution in [2.24, 2.45) is 12.8 Å². The van der Waals surface area contributed by atoms with E-state index in [0.29, 0.717) is 12.2 Å². The first-order valence-electron chi connectivity index (χ1n) is 4.94. The van der Waals surface area contributed by atoms with Crippen molar-refractivity contribution in [3.05, 3.63) is 22.4 Å². The molecule has 15 heavy (non-hydrogen) atoms. The van der Waals surface area contributed by atoms with E-state index in [2.05, 4.69) is 15.9 Å². The first-order valence-corrected chi connectivity index (χ1v) is 5.74. The smallest absolute Gasteiger partial charge is 0.270 e. The molecule has 0 aliphatic carbocycles. The quantitative estimate of drug-likeness (QED) is 0.828. The molecule has 5 heteroatoms. The number of aryl methyl sites for hydroxylation is 1. The van der Waals surface area contributed by atoms with Crippen LogP contribution in [0.5, 0.6) is 0 Å². The number of carbonyl (C=O) groups is 1. The van der Waals surface area contributed by atoms with E-state index in [1.807, 2.05) is 28.8 Å². The van der Waals surface area contributed by atoms with Gasteiger partial charge in [-0.15, -0.1) is 0 Å². The summed E-state index contributed by atoms with van der Waals surface area (Å²) >= 11 is 3.36. The van der Waals surface area contributed by atoms with Crippen LogP contribution in [0, 0.1) is 0 Å². The van der Waals surface area contributed by atoms with E-state index in [-0.39, 0.29) is 11.9 Å². The topological polar surface area (TPSA) is 51.3 Å². The second kappa shape index (κ2) is 3.98. The van der Waals surface area contributed by atoms with Crippen molar-refractivity contribution in [3.8, 4) is 0 Å². The van der Waals surface area contributed by atoms with Crippen molar-refractivity contribution in [1.29, 1.82) is 0 Å². The summed E-state index contributed by atoms with van der Waals surface area (Å²) in [4.78, 5) is 13.9. The van der Waals surface area contributed by atoms with Crippen LogP contribution in [-0.2, 0) is 7.05 Å². The van der Waals surface area contributed by atoms with E-state index in [0.717, 1.165) is 17.4 Å². The lowest BCUT2D eigenvalue weighted by molar-refractivity contribution is 0.0781. The van der Waals surface area contributed by atoms with Gasteiger partial charge in [-0.2, -0.15) is 0 Å². The van der Waals surface area contributed by atoms with Crippen LogP contribution in [0.4, 0.5) is 0 Å². The van der Waals surface area contributed by atoms with E-state index in [9.17, 15) is 4.79 Å². The van der Waals surface area contributed by atoms with Crippen LogP contribution in [0.3, 0.4) is 0 Å². The molecule has 2 rings (SSSR count). The third-order valence-corrected chi connectivity index (χ3v) is 3.14. The lowest BCUT2D eigenvalue weighted by Crippen LogP contribution is -2.32. The van der Waals surface area contributed by atoms with Gasteiger partial charge in [-0.25, -0.2) is 0 Å². The number of aromatic nitrogens is 1. The Morgan fingerprint density at radius 1 is 1.67 bits per heavy atom. The fraction of sp³-hybridized carbons (Fsp3) is 0.500. The summed E-state index contributed by atoms with van der Waals surface area (Å²) in [7, 11) is 1.87. The maximum atomic E-state index is 12.1. The summed E-state index contributed by atoms with van der Waals surface area (Å²) in [6.45, 7) is 1.43. The van der Waals surface area contributed by atoms with Gasteiger partial charge in [0.1, 0.15) is 5.69 Å². The molecule has 0 bridgehead atoms. The molecule has 1 aliphatic rings. The number of amides is 1. The summed E-state index contributed by atoms with van der Waals surface area (Å²) in [5.41, 5.74) is 6.48. The van der Waals surface area contributed by atoms with Crippen LogP contribution in [-0.4, -0.2) is 34.5 Å². The number of halogens is 1. The summed E-state index contributed by atoms with van der Waals surface area (Å²) < 4.78 is 2.76. The van der Waals surface area contributed by atoms with Crippen LogP contribution >= 0.6 is 15.9 Å². The zero-order chi connectivity index (χ0) is 11.0. The number of rotatable bonds is 1. The van der Waals surface area contributed by atoms with Gasteiger partial charge in [0.15, 0.2) is 0 Å². The van der Waals surface area contributed by atoms with E-state index < -0.39 is 0 Å². The molecule has 0 aromatic carbocycles. The Labute approximate surface area is 97.2 Å². The number of hydrogen-bond donors (Lipinski definition) is 1. The average Bonchev–Trinajstić information content (AvgIpc) is 2.71. The number of carbonyl (C=O) groups excluding carboxylic acids is 1. The standard InChI is InChI=1S/C10H14BrN3O/c1-13-5-7(11)4-9(13)10(15)14-3-2-8(12)6-14/h4-5,8H,2-3,6,12H2,1H3. The van der Waals surface area contributed by atoms with Crippen molar-refractivity contribution in [2.45, 2.75) is 12.5 Å². The Morgan fingerprint density at radius 3 is 2.87 bits per heavy atom. The highest BCUT2D eigenvalue weighted by Gasteiger charge is 2.25. The minimum Gasteiger partial charge on any atom is -0.345 e. The van der Waals surface area contributed by atoms with Gasteiger partial charge < -0.3 is 15.2 Å². The van der Waals surface area contributed by atoms with Crippen LogP contribution < -0.4 is 5.73 Å². The Hall–Kier alpha value is -0.810. The van der Waals surface area contributed by atoms with E-state index in [1.54, 1.807) is 0 Å². The molecule has 1 saturated heterocycles. The van der Waals surface area contributed by atoms with Gasteiger partial charge >= 0.3 is 0 Å². The molecule has 1 aromatic rings. The second-order valence-electron chi connectivity index (χ2n) is 3.95. The third kappa shape index (κ3) is 2.08. The van der Waals surface area contributed by atoms with Gasteiger partial charge in [0, 0.05) is 36.8 Å². The Morgan fingerprint density at radius 2 is 2.40 bits per heavy atom. The minimum atomic E-state index is 0.0659. The summed E-state index contributed by atoms with van der Waals surface area (Å²) in [5, 5.41) is 0. The Bertz CT molecular complexity index is 388. The number of hydrogen-bond acceptors (Lipinski definition) is 2. The average molecular weight is 272 g/mol. The Balaban J connectivity index is 2.17. The summed E-state index contributed by atoms with van der Waals surface area (Å²) in [6, 6.07) is 1.98. The van der Waals surface area contributed by atoms with Crippen LogP contribution in [0.2, 0.25) is 0 Å². The largest absolute Gasteiger partial charge is 0.345 e.